The topological polar surface area (TPSA) is 88.3 Å². The van der Waals surface area contributed by atoms with Gasteiger partial charge >= 0.3 is 0 Å². The first-order valence-corrected chi connectivity index (χ1v) is 8.63. The molecule has 0 aromatic carbocycles. The van der Waals surface area contributed by atoms with E-state index in [9.17, 15) is 8.42 Å². The third-order valence-electron chi connectivity index (χ3n) is 3.13. The van der Waals surface area contributed by atoms with E-state index in [-0.39, 0.29) is 6.04 Å². The van der Waals surface area contributed by atoms with Crippen molar-refractivity contribution in [2.45, 2.75) is 18.9 Å². The maximum absolute atomic E-state index is 11.4. The molecule has 19 heavy (non-hydrogen) atoms. The van der Waals surface area contributed by atoms with E-state index < -0.39 is 10.0 Å². The normalized spacial score (nSPS) is 18.4. The lowest BCUT2D eigenvalue weighted by Gasteiger charge is -2.31. The van der Waals surface area contributed by atoms with E-state index in [1.165, 1.54) is 10.6 Å². The molecule has 1 saturated heterocycles. The highest BCUT2D eigenvalue weighted by Gasteiger charge is 2.25. The van der Waals surface area contributed by atoms with E-state index in [0.717, 1.165) is 23.1 Å². The van der Waals surface area contributed by atoms with E-state index >= 15 is 0 Å². The summed E-state index contributed by atoms with van der Waals surface area (Å²) in [4.78, 5) is 4.22. The molecule has 8 heteroatoms. The number of nitrogen functional groups attached to an aromatic ring is 1. The van der Waals surface area contributed by atoms with Crippen LogP contribution in [0.25, 0.3) is 0 Å². The molecule has 2 rings (SSSR count). The van der Waals surface area contributed by atoms with E-state index in [4.69, 9.17) is 5.73 Å². The predicted octanol–water partition coefficient (Wildman–Crippen LogP) is 1.26. The standard InChI is InChI=1S/C11H17BrN4O2S/c1-19(17,18)16-4-2-9(3-5-16)15-11-10(12)6-8(13)7-14-11/h6-7,9H,2-5,13H2,1H3,(H,14,15). The molecule has 6 nitrogen and oxygen atoms in total. The van der Waals surface area contributed by atoms with Crippen LogP contribution in [-0.4, -0.2) is 43.1 Å². The van der Waals surface area contributed by atoms with Crippen LogP contribution in [-0.2, 0) is 10.0 Å². The molecule has 106 valence electrons. The maximum Gasteiger partial charge on any atom is 0.211 e. The Bertz CT molecular complexity index is 556. The predicted molar refractivity (Wildman–Crippen MR) is 79.4 cm³/mol. The average Bonchev–Trinajstić information content (AvgIpc) is 2.32. The van der Waals surface area contributed by atoms with Crippen molar-refractivity contribution in [3.8, 4) is 0 Å². The van der Waals surface area contributed by atoms with Crippen LogP contribution in [0.1, 0.15) is 12.8 Å². The Morgan fingerprint density at radius 1 is 1.47 bits per heavy atom. The summed E-state index contributed by atoms with van der Waals surface area (Å²) < 4.78 is 25.2. The van der Waals surface area contributed by atoms with Crippen LogP contribution in [0.4, 0.5) is 11.5 Å². The van der Waals surface area contributed by atoms with Gasteiger partial charge in [-0.3, -0.25) is 0 Å². The summed E-state index contributed by atoms with van der Waals surface area (Å²) >= 11 is 3.41. The van der Waals surface area contributed by atoms with Crippen LogP contribution in [0.15, 0.2) is 16.7 Å². The van der Waals surface area contributed by atoms with Crippen molar-refractivity contribution in [2.75, 3.05) is 30.4 Å². The fourth-order valence-corrected chi connectivity index (χ4v) is 3.44. The third-order valence-corrected chi connectivity index (χ3v) is 5.03. The number of pyridine rings is 1. The van der Waals surface area contributed by atoms with Gasteiger partial charge in [-0.1, -0.05) is 0 Å². The third kappa shape index (κ3) is 3.80. The van der Waals surface area contributed by atoms with Crippen molar-refractivity contribution in [2.24, 2.45) is 0 Å². The van der Waals surface area contributed by atoms with Crippen LogP contribution >= 0.6 is 15.9 Å². The molecule has 0 amide bonds. The van der Waals surface area contributed by atoms with Gasteiger partial charge in [0.1, 0.15) is 5.82 Å². The summed E-state index contributed by atoms with van der Waals surface area (Å²) in [5.74, 6) is 0.743. The fourth-order valence-electron chi connectivity index (χ4n) is 2.08. The van der Waals surface area contributed by atoms with Gasteiger partial charge < -0.3 is 11.1 Å². The van der Waals surface area contributed by atoms with Crippen LogP contribution < -0.4 is 11.1 Å². The van der Waals surface area contributed by atoms with E-state index in [1.807, 2.05) is 0 Å². The molecule has 0 aliphatic carbocycles. The highest BCUT2D eigenvalue weighted by Crippen LogP contribution is 2.24. The molecule has 0 saturated carbocycles. The van der Waals surface area contributed by atoms with Crippen molar-refractivity contribution < 1.29 is 8.42 Å². The van der Waals surface area contributed by atoms with E-state index in [1.54, 1.807) is 12.3 Å². The molecule has 0 atom stereocenters. The van der Waals surface area contributed by atoms with Crippen LogP contribution in [0.3, 0.4) is 0 Å². The van der Waals surface area contributed by atoms with Crippen molar-refractivity contribution in [3.05, 3.63) is 16.7 Å². The van der Waals surface area contributed by atoms with Gasteiger partial charge in [-0.2, -0.15) is 0 Å². The molecule has 1 aromatic heterocycles. The van der Waals surface area contributed by atoms with Crippen LogP contribution in [0, 0.1) is 0 Å². The first-order valence-electron chi connectivity index (χ1n) is 5.99. The van der Waals surface area contributed by atoms with E-state index in [0.29, 0.717) is 18.8 Å². The summed E-state index contributed by atoms with van der Waals surface area (Å²) in [6.45, 7) is 1.09. The minimum absolute atomic E-state index is 0.227. The molecular weight excluding hydrogens is 332 g/mol. The average molecular weight is 349 g/mol. The van der Waals surface area contributed by atoms with Crippen molar-refractivity contribution in [1.82, 2.24) is 9.29 Å². The number of nitrogens with one attached hydrogen (secondary N) is 1. The molecule has 2 heterocycles. The zero-order chi connectivity index (χ0) is 14.0. The minimum atomic E-state index is -3.07. The van der Waals surface area contributed by atoms with Crippen molar-refractivity contribution in [1.29, 1.82) is 0 Å². The lowest BCUT2D eigenvalue weighted by Crippen LogP contribution is -2.41. The van der Waals surface area contributed by atoms with Gasteiger partial charge in [-0.15, -0.1) is 0 Å². The number of aromatic nitrogens is 1. The number of hydrogen-bond donors (Lipinski definition) is 2. The first kappa shape index (κ1) is 14.5. The largest absolute Gasteiger partial charge is 0.397 e. The second-order valence-corrected chi connectivity index (χ2v) is 7.52. The number of sulfonamides is 1. The minimum Gasteiger partial charge on any atom is -0.397 e. The summed E-state index contributed by atoms with van der Waals surface area (Å²) in [5.41, 5.74) is 6.23. The quantitative estimate of drug-likeness (QED) is 0.858. The zero-order valence-corrected chi connectivity index (χ0v) is 13.0. The Kier molecular flexibility index (Phi) is 4.32. The molecule has 1 fully saturated rings. The number of hydrogen-bond acceptors (Lipinski definition) is 5. The highest BCUT2D eigenvalue weighted by molar-refractivity contribution is 9.10. The number of rotatable bonds is 3. The Morgan fingerprint density at radius 3 is 2.63 bits per heavy atom. The molecule has 1 aliphatic heterocycles. The van der Waals surface area contributed by atoms with Gasteiger partial charge in [0.2, 0.25) is 10.0 Å². The number of nitrogens with zero attached hydrogens (tertiary/aromatic N) is 2. The maximum atomic E-state index is 11.4. The fraction of sp³-hybridized carbons (Fsp3) is 0.545. The van der Waals surface area contributed by atoms with Gasteiger partial charge in [-0.05, 0) is 34.8 Å². The molecule has 1 aliphatic rings. The second-order valence-electron chi connectivity index (χ2n) is 4.68. The van der Waals surface area contributed by atoms with Gasteiger partial charge in [0.15, 0.2) is 0 Å². The summed E-state index contributed by atoms with van der Waals surface area (Å²) in [7, 11) is -3.07. The van der Waals surface area contributed by atoms with Crippen LogP contribution in [0.2, 0.25) is 0 Å². The monoisotopic (exact) mass is 348 g/mol. The summed E-state index contributed by atoms with van der Waals surface area (Å²) in [5, 5.41) is 3.31. The lowest BCUT2D eigenvalue weighted by atomic mass is 10.1. The molecule has 0 radical (unpaired) electrons. The Morgan fingerprint density at radius 2 is 2.11 bits per heavy atom. The molecule has 3 N–H and O–H groups in total. The van der Waals surface area contributed by atoms with Crippen molar-refractivity contribution >= 4 is 37.5 Å². The van der Waals surface area contributed by atoms with Crippen molar-refractivity contribution in [3.63, 3.8) is 0 Å². The number of nitrogens with two attached hydrogens (primary N) is 1. The SMILES string of the molecule is CS(=O)(=O)N1CCC(Nc2ncc(N)cc2Br)CC1. The summed E-state index contributed by atoms with van der Waals surface area (Å²) in [6.07, 6.45) is 4.38. The molecular formula is C11H17BrN4O2S. The number of halogens is 1. The molecule has 1 aromatic rings. The summed E-state index contributed by atoms with van der Waals surface area (Å²) in [6, 6.07) is 2.02. The Balaban J connectivity index is 1.96. The number of piperidine rings is 1. The first-order chi connectivity index (χ1) is 8.86. The van der Waals surface area contributed by atoms with Crippen LogP contribution in [0.5, 0.6) is 0 Å². The highest BCUT2D eigenvalue weighted by atomic mass is 79.9. The van der Waals surface area contributed by atoms with E-state index in [2.05, 4.69) is 26.2 Å². The smallest absolute Gasteiger partial charge is 0.211 e. The zero-order valence-electron chi connectivity index (χ0n) is 10.6. The van der Waals surface area contributed by atoms with Gasteiger partial charge in [-0.25, -0.2) is 17.7 Å². The van der Waals surface area contributed by atoms with Gasteiger partial charge in [0.05, 0.1) is 22.6 Å². The lowest BCUT2D eigenvalue weighted by molar-refractivity contribution is 0.331. The Labute approximate surface area is 121 Å². The Hall–Kier alpha value is -0.860. The van der Waals surface area contributed by atoms with Gasteiger partial charge in [0.25, 0.3) is 0 Å². The molecule has 0 unspecified atom stereocenters. The van der Waals surface area contributed by atoms with Gasteiger partial charge in [0, 0.05) is 19.1 Å². The molecule has 0 bridgehead atoms. The molecule has 0 spiro atoms. The number of anilines is 2. The second kappa shape index (κ2) is 5.64.